The first-order valence-corrected chi connectivity index (χ1v) is 11.7. The van der Waals surface area contributed by atoms with Gasteiger partial charge in [0, 0.05) is 25.4 Å². The standard InChI is InChI=1S/C28H28FN3O2/c1-19-7-8-20(2)26(15-19)34-14-13-32-25-6-4-3-5-24(25)30-28(32)22-16-27(33)31(18-22)17-21-9-11-23(29)12-10-21/h3-12,15,22H,13-14,16-18H2,1-2H3. The minimum absolute atomic E-state index is 0.000976. The van der Waals surface area contributed by atoms with Crippen molar-refractivity contribution < 1.29 is 13.9 Å². The Morgan fingerprint density at radius 1 is 1.06 bits per heavy atom. The van der Waals surface area contributed by atoms with Crippen molar-refractivity contribution >= 4 is 16.9 Å². The number of fused-ring (bicyclic) bond motifs is 1. The number of carbonyl (C=O) groups is 1. The lowest BCUT2D eigenvalue weighted by molar-refractivity contribution is -0.128. The van der Waals surface area contributed by atoms with Crippen LogP contribution in [-0.2, 0) is 17.9 Å². The first kappa shape index (κ1) is 22.1. The number of benzene rings is 3. The molecule has 1 amide bonds. The maximum absolute atomic E-state index is 13.3. The van der Waals surface area contributed by atoms with E-state index in [1.807, 2.05) is 30.0 Å². The molecule has 34 heavy (non-hydrogen) atoms. The fourth-order valence-corrected chi connectivity index (χ4v) is 4.66. The molecule has 0 N–H and O–H groups in total. The minimum atomic E-state index is -0.272. The second-order valence-electron chi connectivity index (χ2n) is 9.03. The maximum atomic E-state index is 13.3. The molecule has 4 aromatic rings. The number of hydrogen-bond acceptors (Lipinski definition) is 3. The number of nitrogens with zero attached hydrogens (tertiary/aromatic N) is 3. The number of ether oxygens (including phenoxy) is 1. The highest BCUT2D eigenvalue weighted by molar-refractivity contribution is 5.81. The van der Waals surface area contributed by atoms with Gasteiger partial charge in [-0.25, -0.2) is 9.37 Å². The highest BCUT2D eigenvalue weighted by atomic mass is 19.1. The molecule has 0 radical (unpaired) electrons. The smallest absolute Gasteiger partial charge is 0.223 e. The fourth-order valence-electron chi connectivity index (χ4n) is 4.66. The van der Waals surface area contributed by atoms with E-state index in [0.717, 1.165) is 33.7 Å². The summed E-state index contributed by atoms with van der Waals surface area (Å²) in [6.45, 7) is 6.34. The quantitative estimate of drug-likeness (QED) is 0.374. The average Bonchev–Trinajstić information content (AvgIpc) is 3.38. The normalized spacial score (nSPS) is 15.9. The monoisotopic (exact) mass is 457 g/mol. The van der Waals surface area contributed by atoms with Crippen molar-refractivity contribution in [3.05, 3.63) is 95.1 Å². The van der Waals surface area contributed by atoms with Gasteiger partial charge in [-0.1, -0.05) is 36.4 Å². The number of likely N-dealkylation sites (tertiary alicyclic amines) is 1. The third kappa shape index (κ3) is 4.53. The van der Waals surface area contributed by atoms with Crippen LogP contribution in [0.1, 0.15) is 34.9 Å². The van der Waals surface area contributed by atoms with Crippen LogP contribution in [-0.4, -0.2) is 33.5 Å². The number of rotatable bonds is 7. The molecule has 1 aromatic heterocycles. The van der Waals surface area contributed by atoms with E-state index < -0.39 is 0 Å². The van der Waals surface area contributed by atoms with E-state index in [0.29, 0.717) is 32.7 Å². The molecule has 3 aromatic carbocycles. The van der Waals surface area contributed by atoms with Gasteiger partial charge in [0.2, 0.25) is 5.91 Å². The Morgan fingerprint density at radius 2 is 1.85 bits per heavy atom. The van der Waals surface area contributed by atoms with E-state index in [1.54, 1.807) is 12.1 Å². The summed E-state index contributed by atoms with van der Waals surface area (Å²) in [5, 5.41) is 0. The van der Waals surface area contributed by atoms with Crippen molar-refractivity contribution in [1.29, 1.82) is 0 Å². The van der Waals surface area contributed by atoms with E-state index in [9.17, 15) is 9.18 Å². The molecule has 2 heterocycles. The Morgan fingerprint density at radius 3 is 2.68 bits per heavy atom. The topological polar surface area (TPSA) is 47.4 Å². The number of hydrogen-bond donors (Lipinski definition) is 0. The Labute approximate surface area is 198 Å². The third-order valence-electron chi connectivity index (χ3n) is 6.47. The molecule has 1 atom stereocenters. The second-order valence-corrected chi connectivity index (χ2v) is 9.03. The number of amides is 1. The summed E-state index contributed by atoms with van der Waals surface area (Å²) in [6.07, 6.45) is 0.419. The van der Waals surface area contributed by atoms with Gasteiger partial charge in [-0.2, -0.15) is 0 Å². The number of aromatic nitrogens is 2. The van der Waals surface area contributed by atoms with E-state index in [1.165, 1.54) is 17.7 Å². The van der Waals surface area contributed by atoms with E-state index in [2.05, 4.69) is 35.8 Å². The molecule has 1 aliphatic heterocycles. The molecular weight excluding hydrogens is 429 g/mol. The van der Waals surface area contributed by atoms with Crippen molar-refractivity contribution in [2.24, 2.45) is 0 Å². The lowest BCUT2D eigenvalue weighted by Crippen LogP contribution is -2.24. The zero-order valence-corrected chi connectivity index (χ0v) is 19.5. The zero-order valence-electron chi connectivity index (χ0n) is 19.5. The van der Waals surface area contributed by atoms with Gasteiger partial charge in [0.05, 0.1) is 17.6 Å². The van der Waals surface area contributed by atoms with E-state index in [-0.39, 0.29) is 17.6 Å². The molecule has 5 rings (SSSR count). The molecule has 5 nitrogen and oxygen atoms in total. The van der Waals surface area contributed by atoms with Crippen LogP contribution >= 0.6 is 0 Å². The first-order valence-electron chi connectivity index (χ1n) is 11.7. The Balaban J connectivity index is 1.36. The highest BCUT2D eigenvalue weighted by Crippen LogP contribution is 2.31. The summed E-state index contributed by atoms with van der Waals surface area (Å²) in [7, 11) is 0. The van der Waals surface area contributed by atoms with Crippen LogP contribution < -0.4 is 4.74 Å². The summed E-state index contributed by atoms with van der Waals surface area (Å²) >= 11 is 0. The molecule has 0 aliphatic carbocycles. The van der Waals surface area contributed by atoms with Crippen LogP contribution in [0.4, 0.5) is 4.39 Å². The number of carbonyl (C=O) groups excluding carboxylic acids is 1. The Kier molecular flexibility index (Phi) is 6.05. The highest BCUT2D eigenvalue weighted by Gasteiger charge is 2.34. The molecule has 1 unspecified atom stereocenters. The third-order valence-corrected chi connectivity index (χ3v) is 6.47. The molecule has 0 saturated carbocycles. The number of halogens is 1. The molecule has 0 bridgehead atoms. The van der Waals surface area contributed by atoms with Crippen LogP contribution in [0.15, 0.2) is 66.7 Å². The lowest BCUT2D eigenvalue weighted by atomic mass is 10.1. The molecule has 1 aliphatic rings. The molecule has 174 valence electrons. The molecule has 6 heteroatoms. The average molecular weight is 458 g/mol. The fraction of sp³-hybridized carbons (Fsp3) is 0.286. The summed E-state index contributed by atoms with van der Waals surface area (Å²) < 4.78 is 21.6. The van der Waals surface area contributed by atoms with E-state index in [4.69, 9.17) is 9.72 Å². The van der Waals surface area contributed by atoms with Gasteiger partial charge in [0.25, 0.3) is 0 Å². The number of imidazole rings is 1. The van der Waals surface area contributed by atoms with Crippen molar-refractivity contribution in [1.82, 2.24) is 14.5 Å². The summed E-state index contributed by atoms with van der Waals surface area (Å²) in [5.41, 5.74) is 5.17. The van der Waals surface area contributed by atoms with Crippen LogP contribution in [0.2, 0.25) is 0 Å². The first-order chi connectivity index (χ1) is 16.5. The van der Waals surface area contributed by atoms with Crippen LogP contribution in [0.25, 0.3) is 11.0 Å². The predicted molar refractivity (Wildman–Crippen MR) is 130 cm³/mol. The van der Waals surface area contributed by atoms with Gasteiger partial charge >= 0.3 is 0 Å². The Bertz CT molecular complexity index is 1330. The summed E-state index contributed by atoms with van der Waals surface area (Å²) in [6, 6.07) is 20.6. The zero-order chi connectivity index (χ0) is 23.7. The van der Waals surface area contributed by atoms with Gasteiger partial charge in [0.15, 0.2) is 0 Å². The van der Waals surface area contributed by atoms with Crippen molar-refractivity contribution in [2.45, 2.75) is 39.3 Å². The van der Waals surface area contributed by atoms with Gasteiger partial charge in [-0.05, 0) is 60.9 Å². The largest absolute Gasteiger partial charge is 0.491 e. The van der Waals surface area contributed by atoms with E-state index >= 15 is 0 Å². The lowest BCUT2D eigenvalue weighted by Gasteiger charge is -2.18. The maximum Gasteiger partial charge on any atom is 0.223 e. The molecule has 0 spiro atoms. The molecule has 1 saturated heterocycles. The number of para-hydroxylation sites is 2. The predicted octanol–water partition coefficient (Wildman–Crippen LogP) is 5.39. The minimum Gasteiger partial charge on any atom is -0.491 e. The summed E-state index contributed by atoms with van der Waals surface area (Å²) in [4.78, 5) is 19.6. The molecule has 1 fully saturated rings. The van der Waals surface area contributed by atoms with Crippen LogP contribution in [0.3, 0.4) is 0 Å². The summed E-state index contributed by atoms with van der Waals surface area (Å²) in [5.74, 6) is 1.64. The van der Waals surface area contributed by atoms with Gasteiger partial charge in [0.1, 0.15) is 24.0 Å². The van der Waals surface area contributed by atoms with Crippen molar-refractivity contribution in [3.63, 3.8) is 0 Å². The number of aryl methyl sites for hydroxylation is 2. The van der Waals surface area contributed by atoms with Gasteiger partial charge < -0.3 is 14.2 Å². The van der Waals surface area contributed by atoms with Crippen LogP contribution in [0, 0.1) is 19.7 Å². The Hall–Kier alpha value is -3.67. The van der Waals surface area contributed by atoms with Gasteiger partial charge in [-0.3, -0.25) is 4.79 Å². The SMILES string of the molecule is Cc1ccc(C)c(OCCn2c(C3CC(=O)N(Cc4ccc(F)cc4)C3)nc3ccccc32)c1. The van der Waals surface area contributed by atoms with Crippen molar-refractivity contribution in [2.75, 3.05) is 13.2 Å². The van der Waals surface area contributed by atoms with Crippen molar-refractivity contribution in [3.8, 4) is 5.75 Å². The van der Waals surface area contributed by atoms with Gasteiger partial charge in [-0.15, -0.1) is 0 Å². The van der Waals surface area contributed by atoms with Crippen LogP contribution in [0.5, 0.6) is 5.75 Å². The second kappa shape index (κ2) is 9.29. The molecular formula is C28H28FN3O2.